The molecule has 27 heavy (non-hydrogen) atoms. The lowest BCUT2D eigenvalue weighted by Crippen LogP contribution is -2.35. The van der Waals surface area contributed by atoms with Crippen molar-refractivity contribution in [3.05, 3.63) is 46.5 Å². The number of carbonyl (C=O) groups is 2. The lowest BCUT2D eigenvalue weighted by Gasteiger charge is -2.24. The molecular formula is C19H24N4O3S. The van der Waals surface area contributed by atoms with Gasteiger partial charge in [-0.2, -0.15) is 0 Å². The minimum absolute atomic E-state index is 0.0666. The fraction of sp³-hybridized carbons (Fsp3) is 0.421. The summed E-state index contributed by atoms with van der Waals surface area (Å²) in [5, 5.41) is 6.14. The third-order valence-electron chi connectivity index (χ3n) is 4.05. The molecule has 2 aromatic rings. The number of hydrogen-bond acceptors (Lipinski definition) is 6. The van der Waals surface area contributed by atoms with Gasteiger partial charge < -0.3 is 10.1 Å². The highest BCUT2D eigenvalue weighted by molar-refractivity contribution is 7.15. The van der Waals surface area contributed by atoms with Gasteiger partial charge in [0.05, 0.1) is 12.2 Å². The van der Waals surface area contributed by atoms with Crippen molar-refractivity contribution in [2.75, 3.05) is 18.4 Å². The average molecular weight is 388 g/mol. The predicted octanol–water partition coefficient (Wildman–Crippen LogP) is 2.77. The number of amides is 2. The highest BCUT2D eigenvalue weighted by Gasteiger charge is 2.23. The van der Waals surface area contributed by atoms with Gasteiger partial charge in [-0.05, 0) is 19.4 Å². The van der Waals surface area contributed by atoms with Crippen molar-refractivity contribution < 1.29 is 14.3 Å². The maximum atomic E-state index is 12.1. The molecule has 0 aliphatic carbocycles. The van der Waals surface area contributed by atoms with Crippen LogP contribution in [0, 0.1) is 0 Å². The van der Waals surface area contributed by atoms with Gasteiger partial charge in [-0.1, -0.05) is 30.3 Å². The van der Waals surface area contributed by atoms with Crippen molar-refractivity contribution in [1.82, 2.24) is 15.2 Å². The number of nitrogens with one attached hydrogen (secondary N) is 2. The van der Waals surface area contributed by atoms with Crippen LogP contribution in [0.2, 0.25) is 0 Å². The van der Waals surface area contributed by atoms with Crippen LogP contribution in [0.3, 0.4) is 0 Å². The number of thiazole rings is 1. The normalized spacial score (nSPS) is 13.9. The maximum Gasteiger partial charge on any atom is 0.321 e. The van der Waals surface area contributed by atoms with Crippen LogP contribution in [0.25, 0.3) is 0 Å². The van der Waals surface area contributed by atoms with Crippen LogP contribution in [0.5, 0.6) is 0 Å². The first-order valence-corrected chi connectivity index (χ1v) is 9.79. The first-order chi connectivity index (χ1) is 13.0. The van der Waals surface area contributed by atoms with Gasteiger partial charge in [0.2, 0.25) is 0 Å². The highest BCUT2D eigenvalue weighted by Crippen LogP contribution is 2.28. The first kappa shape index (κ1) is 19.3. The molecule has 0 atom stereocenters. The number of ether oxygens (including phenoxy) is 1. The number of anilines is 1. The average Bonchev–Trinajstić information content (AvgIpc) is 3.01. The zero-order valence-corrected chi connectivity index (χ0v) is 16.3. The Kier molecular flexibility index (Phi) is 6.41. The summed E-state index contributed by atoms with van der Waals surface area (Å²) in [5.74, 6) is -0.235. The zero-order valence-electron chi connectivity index (χ0n) is 15.5. The maximum absolute atomic E-state index is 12.1. The number of aromatic nitrogens is 1. The fourth-order valence-corrected chi connectivity index (χ4v) is 3.84. The van der Waals surface area contributed by atoms with E-state index in [1.807, 2.05) is 49.1 Å². The molecule has 8 heteroatoms. The molecule has 1 aromatic carbocycles. The number of hydrogen-bond donors (Lipinski definition) is 2. The van der Waals surface area contributed by atoms with E-state index in [4.69, 9.17) is 4.74 Å². The van der Waals surface area contributed by atoms with E-state index in [-0.39, 0.29) is 24.6 Å². The smallest absolute Gasteiger partial charge is 0.321 e. The van der Waals surface area contributed by atoms with Gasteiger partial charge in [0.1, 0.15) is 6.61 Å². The van der Waals surface area contributed by atoms with Crippen LogP contribution in [-0.4, -0.2) is 41.0 Å². The standard InChI is InChI=1S/C19H24N4O3S/c1-13(2)20-18(25)22-19-21-15-8-9-23(10-16(15)27-19)11-17(24)26-12-14-6-4-3-5-7-14/h3-7,13H,8-12H2,1-2H3,(H2,20,21,22,25). The monoisotopic (exact) mass is 388 g/mol. The van der Waals surface area contributed by atoms with Crippen molar-refractivity contribution in [3.63, 3.8) is 0 Å². The van der Waals surface area contributed by atoms with E-state index in [1.54, 1.807) is 0 Å². The third-order valence-corrected chi connectivity index (χ3v) is 5.04. The summed E-state index contributed by atoms with van der Waals surface area (Å²) in [6, 6.07) is 9.46. The summed E-state index contributed by atoms with van der Waals surface area (Å²) in [5.41, 5.74) is 1.97. The molecule has 2 amide bonds. The molecule has 0 fully saturated rings. The van der Waals surface area contributed by atoms with E-state index in [1.165, 1.54) is 11.3 Å². The number of urea groups is 1. The van der Waals surface area contributed by atoms with Crippen LogP contribution >= 0.6 is 11.3 Å². The van der Waals surface area contributed by atoms with Crippen molar-refractivity contribution in [2.45, 2.75) is 39.5 Å². The summed E-state index contributed by atoms with van der Waals surface area (Å²) in [6.45, 7) is 5.73. The second-order valence-corrected chi connectivity index (χ2v) is 7.83. The molecule has 0 bridgehead atoms. The van der Waals surface area contributed by atoms with Gasteiger partial charge in [-0.15, -0.1) is 11.3 Å². The summed E-state index contributed by atoms with van der Waals surface area (Å²) >= 11 is 1.45. The Morgan fingerprint density at radius 1 is 1.30 bits per heavy atom. The van der Waals surface area contributed by atoms with E-state index in [0.29, 0.717) is 18.3 Å². The molecule has 144 valence electrons. The van der Waals surface area contributed by atoms with Crippen molar-refractivity contribution in [1.29, 1.82) is 0 Å². The minimum Gasteiger partial charge on any atom is -0.460 e. The molecule has 1 aliphatic rings. The Bertz CT molecular complexity index is 792. The molecular weight excluding hydrogens is 364 g/mol. The highest BCUT2D eigenvalue weighted by atomic mass is 32.1. The van der Waals surface area contributed by atoms with Crippen molar-refractivity contribution in [2.24, 2.45) is 0 Å². The van der Waals surface area contributed by atoms with Crippen LogP contribution in [0.1, 0.15) is 30.0 Å². The summed E-state index contributed by atoms with van der Waals surface area (Å²) in [7, 11) is 0. The van der Waals surface area contributed by atoms with Crippen molar-refractivity contribution in [3.8, 4) is 0 Å². The fourth-order valence-electron chi connectivity index (χ4n) is 2.80. The van der Waals surface area contributed by atoms with Gasteiger partial charge in [0.25, 0.3) is 0 Å². The topological polar surface area (TPSA) is 83.6 Å². The Balaban J connectivity index is 1.49. The second-order valence-electron chi connectivity index (χ2n) is 6.75. The molecule has 0 radical (unpaired) electrons. The summed E-state index contributed by atoms with van der Waals surface area (Å²) < 4.78 is 5.36. The number of benzene rings is 1. The molecule has 0 saturated heterocycles. The molecule has 0 spiro atoms. The molecule has 7 nitrogen and oxygen atoms in total. The van der Waals surface area contributed by atoms with Gasteiger partial charge >= 0.3 is 12.0 Å². The molecule has 0 unspecified atom stereocenters. The lowest BCUT2D eigenvalue weighted by atomic mass is 10.2. The minimum atomic E-state index is -0.252. The molecule has 1 aromatic heterocycles. The molecule has 3 rings (SSSR count). The Morgan fingerprint density at radius 3 is 2.81 bits per heavy atom. The Labute approximate surface area is 162 Å². The van der Waals surface area contributed by atoms with Crippen LogP contribution < -0.4 is 10.6 Å². The Morgan fingerprint density at radius 2 is 2.07 bits per heavy atom. The number of carbonyl (C=O) groups excluding carboxylic acids is 2. The SMILES string of the molecule is CC(C)NC(=O)Nc1nc2c(s1)CN(CC(=O)OCc1ccccc1)CC2. The number of nitrogens with zero attached hydrogens (tertiary/aromatic N) is 2. The second kappa shape index (κ2) is 8.96. The van der Waals surface area contributed by atoms with Gasteiger partial charge in [-0.3, -0.25) is 15.0 Å². The molecule has 2 N–H and O–H groups in total. The third kappa shape index (κ3) is 5.77. The zero-order chi connectivity index (χ0) is 19.2. The van der Waals surface area contributed by atoms with Gasteiger partial charge in [0.15, 0.2) is 5.13 Å². The molecule has 0 saturated carbocycles. The quantitative estimate of drug-likeness (QED) is 0.744. The van der Waals surface area contributed by atoms with E-state index in [9.17, 15) is 9.59 Å². The summed E-state index contributed by atoms with van der Waals surface area (Å²) in [6.07, 6.45) is 0.755. The largest absolute Gasteiger partial charge is 0.460 e. The van der Waals surface area contributed by atoms with Gasteiger partial charge in [-0.25, -0.2) is 9.78 Å². The van der Waals surface area contributed by atoms with E-state index >= 15 is 0 Å². The predicted molar refractivity (Wildman–Crippen MR) is 105 cm³/mol. The number of fused-ring (bicyclic) bond motifs is 1. The Hall–Kier alpha value is -2.45. The number of esters is 1. The lowest BCUT2D eigenvalue weighted by molar-refractivity contribution is -0.146. The van der Waals surface area contributed by atoms with Crippen LogP contribution in [0.15, 0.2) is 30.3 Å². The number of rotatable bonds is 6. The van der Waals surface area contributed by atoms with Crippen molar-refractivity contribution >= 4 is 28.5 Å². The van der Waals surface area contributed by atoms with Crippen LogP contribution in [0.4, 0.5) is 9.93 Å². The molecule has 1 aliphatic heterocycles. The van der Waals surface area contributed by atoms with Crippen LogP contribution in [-0.2, 0) is 29.1 Å². The van der Waals surface area contributed by atoms with E-state index in [2.05, 4.69) is 15.6 Å². The molecule has 2 heterocycles. The van der Waals surface area contributed by atoms with Gasteiger partial charge in [0, 0.05) is 30.4 Å². The summed E-state index contributed by atoms with van der Waals surface area (Å²) in [4.78, 5) is 31.5. The first-order valence-electron chi connectivity index (χ1n) is 8.97. The van der Waals surface area contributed by atoms with E-state index in [0.717, 1.165) is 29.1 Å². The van der Waals surface area contributed by atoms with E-state index < -0.39 is 0 Å².